The van der Waals surface area contributed by atoms with Crippen molar-refractivity contribution in [3.8, 4) is 12.3 Å². The van der Waals surface area contributed by atoms with Gasteiger partial charge in [0.1, 0.15) is 6.10 Å². The van der Waals surface area contributed by atoms with E-state index in [0.29, 0.717) is 13.0 Å². The molecule has 3 nitrogen and oxygen atoms in total. The second-order valence-electron chi connectivity index (χ2n) is 3.34. The summed E-state index contributed by atoms with van der Waals surface area (Å²) in [4.78, 5) is 0. The molecule has 0 unspecified atom stereocenters. The van der Waals surface area contributed by atoms with Gasteiger partial charge in [-0.25, -0.2) is 0 Å². The number of terminal acetylenes is 1. The van der Waals surface area contributed by atoms with Crippen molar-refractivity contribution in [2.45, 2.75) is 38.3 Å². The molecule has 0 saturated carbocycles. The van der Waals surface area contributed by atoms with Crippen LogP contribution in [0.2, 0.25) is 0 Å². The number of hydrogen-bond donors (Lipinski definition) is 1. The largest absolute Gasteiger partial charge is 0.389 e. The van der Waals surface area contributed by atoms with Crippen molar-refractivity contribution in [3.63, 3.8) is 0 Å². The standard InChI is InChI=1S/C9H14O3/c1-4-5-7(10)8-6-11-9(2,3)12-8/h1,7-8,10H,5-6H2,2-3H3/t7-,8+/m1/s1. The molecule has 2 atom stereocenters. The Morgan fingerprint density at radius 1 is 1.75 bits per heavy atom. The smallest absolute Gasteiger partial charge is 0.163 e. The normalized spacial score (nSPS) is 29.7. The van der Waals surface area contributed by atoms with Crippen LogP contribution >= 0.6 is 0 Å². The minimum atomic E-state index is -0.614. The Hall–Kier alpha value is -0.560. The van der Waals surface area contributed by atoms with Gasteiger partial charge in [0.05, 0.1) is 12.7 Å². The minimum Gasteiger partial charge on any atom is -0.389 e. The van der Waals surface area contributed by atoms with Gasteiger partial charge in [-0.2, -0.15) is 0 Å². The molecule has 1 rings (SSSR count). The Bertz CT molecular complexity index is 192. The predicted molar refractivity (Wildman–Crippen MR) is 44.4 cm³/mol. The summed E-state index contributed by atoms with van der Waals surface area (Å²) in [7, 11) is 0. The van der Waals surface area contributed by atoms with Gasteiger partial charge < -0.3 is 14.6 Å². The van der Waals surface area contributed by atoms with Crippen LogP contribution in [-0.4, -0.2) is 29.7 Å². The van der Waals surface area contributed by atoms with E-state index in [2.05, 4.69) is 5.92 Å². The molecular weight excluding hydrogens is 156 g/mol. The Kier molecular flexibility index (Phi) is 2.73. The van der Waals surface area contributed by atoms with Crippen LogP contribution in [0.5, 0.6) is 0 Å². The van der Waals surface area contributed by atoms with E-state index in [-0.39, 0.29) is 6.10 Å². The van der Waals surface area contributed by atoms with Crippen LogP contribution in [0.4, 0.5) is 0 Å². The lowest BCUT2D eigenvalue weighted by atomic mass is 10.1. The molecule has 1 heterocycles. The van der Waals surface area contributed by atoms with E-state index >= 15 is 0 Å². The fraction of sp³-hybridized carbons (Fsp3) is 0.778. The quantitative estimate of drug-likeness (QED) is 0.614. The van der Waals surface area contributed by atoms with Crippen LogP contribution < -0.4 is 0 Å². The number of aliphatic hydroxyl groups is 1. The third kappa shape index (κ3) is 2.21. The van der Waals surface area contributed by atoms with Crippen molar-refractivity contribution in [1.82, 2.24) is 0 Å². The van der Waals surface area contributed by atoms with Gasteiger partial charge in [0.25, 0.3) is 0 Å². The SMILES string of the molecule is C#CC[C@@H](O)[C@@H]1COC(C)(C)O1. The first kappa shape index (κ1) is 9.53. The highest BCUT2D eigenvalue weighted by Crippen LogP contribution is 2.24. The van der Waals surface area contributed by atoms with Crippen molar-refractivity contribution in [3.05, 3.63) is 0 Å². The summed E-state index contributed by atoms with van der Waals surface area (Å²) in [5.74, 6) is 1.80. The minimum absolute atomic E-state index is 0.281. The number of rotatable bonds is 2. The van der Waals surface area contributed by atoms with Crippen molar-refractivity contribution >= 4 is 0 Å². The molecule has 0 bridgehead atoms. The average Bonchev–Trinajstić information content (AvgIpc) is 2.31. The van der Waals surface area contributed by atoms with E-state index in [1.54, 1.807) is 0 Å². The summed E-state index contributed by atoms with van der Waals surface area (Å²) in [6.45, 7) is 4.04. The van der Waals surface area contributed by atoms with E-state index in [9.17, 15) is 5.11 Å². The first-order valence-electron chi connectivity index (χ1n) is 3.98. The summed E-state index contributed by atoms with van der Waals surface area (Å²) in [6.07, 6.45) is 4.47. The van der Waals surface area contributed by atoms with Crippen LogP contribution in [-0.2, 0) is 9.47 Å². The van der Waals surface area contributed by atoms with Crippen LogP contribution in [0, 0.1) is 12.3 Å². The molecule has 0 aromatic carbocycles. The Balaban J connectivity index is 2.42. The Labute approximate surface area is 72.7 Å². The highest BCUT2D eigenvalue weighted by Gasteiger charge is 2.36. The lowest BCUT2D eigenvalue weighted by Gasteiger charge is -2.19. The zero-order valence-electron chi connectivity index (χ0n) is 7.41. The maximum Gasteiger partial charge on any atom is 0.163 e. The first-order valence-corrected chi connectivity index (χ1v) is 3.98. The maximum atomic E-state index is 9.43. The summed E-state index contributed by atoms with van der Waals surface area (Å²) in [6, 6.07) is 0. The highest BCUT2D eigenvalue weighted by atomic mass is 16.7. The highest BCUT2D eigenvalue weighted by molar-refractivity contribution is 4.91. The van der Waals surface area contributed by atoms with Gasteiger partial charge in [-0.15, -0.1) is 12.3 Å². The molecule has 0 radical (unpaired) electrons. The van der Waals surface area contributed by atoms with Crippen molar-refractivity contribution in [2.24, 2.45) is 0 Å². The van der Waals surface area contributed by atoms with Gasteiger partial charge >= 0.3 is 0 Å². The van der Waals surface area contributed by atoms with Crippen molar-refractivity contribution < 1.29 is 14.6 Å². The third-order valence-corrected chi connectivity index (χ3v) is 1.79. The molecule has 0 amide bonds. The summed E-state index contributed by atoms with van der Waals surface area (Å²) < 4.78 is 10.7. The predicted octanol–water partition coefficient (Wildman–Crippen LogP) is 0.522. The van der Waals surface area contributed by atoms with Crippen molar-refractivity contribution in [2.75, 3.05) is 6.61 Å². The molecule has 0 aliphatic carbocycles. The second kappa shape index (κ2) is 3.44. The van der Waals surface area contributed by atoms with Gasteiger partial charge in [0, 0.05) is 6.42 Å². The molecule has 1 aliphatic rings. The van der Waals surface area contributed by atoms with E-state index in [4.69, 9.17) is 15.9 Å². The van der Waals surface area contributed by atoms with E-state index in [1.165, 1.54) is 0 Å². The Morgan fingerprint density at radius 3 is 2.83 bits per heavy atom. The van der Waals surface area contributed by atoms with Crippen LogP contribution in [0.3, 0.4) is 0 Å². The fourth-order valence-electron chi connectivity index (χ4n) is 1.16. The molecule has 0 aromatic rings. The Morgan fingerprint density at radius 2 is 2.42 bits per heavy atom. The van der Waals surface area contributed by atoms with Crippen LogP contribution in [0.15, 0.2) is 0 Å². The van der Waals surface area contributed by atoms with Gasteiger partial charge in [-0.05, 0) is 13.8 Å². The van der Waals surface area contributed by atoms with Crippen molar-refractivity contribution in [1.29, 1.82) is 0 Å². The molecule has 3 heteroatoms. The zero-order valence-corrected chi connectivity index (χ0v) is 7.41. The second-order valence-corrected chi connectivity index (χ2v) is 3.34. The molecule has 1 saturated heterocycles. The molecule has 1 fully saturated rings. The summed E-state index contributed by atoms with van der Waals surface area (Å²) in [5, 5.41) is 9.43. The van der Waals surface area contributed by atoms with Gasteiger partial charge in [0.2, 0.25) is 0 Å². The van der Waals surface area contributed by atoms with E-state index in [0.717, 1.165) is 0 Å². The molecule has 12 heavy (non-hydrogen) atoms. The summed E-state index contributed by atoms with van der Waals surface area (Å²) in [5.41, 5.74) is 0. The lowest BCUT2D eigenvalue weighted by molar-refractivity contribution is -0.150. The molecule has 1 N–H and O–H groups in total. The third-order valence-electron chi connectivity index (χ3n) is 1.79. The molecule has 68 valence electrons. The van der Waals surface area contributed by atoms with Crippen LogP contribution in [0.1, 0.15) is 20.3 Å². The van der Waals surface area contributed by atoms with Gasteiger partial charge in [-0.1, -0.05) is 0 Å². The summed E-state index contributed by atoms with van der Waals surface area (Å²) >= 11 is 0. The van der Waals surface area contributed by atoms with Crippen LogP contribution in [0.25, 0.3) is 0 Å². The van der Waals surface area contributed by atoms with Gasteiger partial charge in [-0.3, -0.25) is 0 Å². The first-order chi connectivity index (χ1) is 5.55. The molecular formula is C9H14O3. The molecule has 0 aromatic heterocycles. The number of hydrogen-bond acceptors (Lipinski definition) is 3. The fourth-order valence-corrected chi connectivity index (χ4v) is 1.16. The molecule has 0 spiro atoms. The number of ether oxygens (including phenoxy) is 2. The topological polar surface area (TPSA) is 38.7 Å². The monoisotopic (exact) mass is 170 g/mol. The maximum absolute atomic E-state index is 9.43. The van der Waals surface area contributed by atoms with E-state index < -0.39 is 11.9 Å². The van der Waals surface area contributed by atoms with Gasteiger partial charge in [0.15, 0.2) is 5.79 Å². The number of aliphatic hydroxyl groups excluding tert-OH is 1. The average molecular weight is 170 g/mol. The van der Waals surface area contributed by atoms with E-state index in [1.807, 2.05) is 13.8 Å². The lowest BCUT2D eigenvalue weighted by Crippen LogP contribution is -2.30. The zero-order chi connectivity index (χ0) is 9.19. The molecule has 1 aliphatic heterocycles.